The van der Waals surface area contributed by atoms with E-state index in [1.165, 1.54) is 26.2 Å². The minimum Gasteiger partial charge on any atom is -0.368 e. The lowest BCUT2D eigenvalue weighted by Crippen LogP contribution is -2.45. The fourth-order valence-corrected chi connectivity index (χ4v) is 2.38. The number of ether oxygens (including phenoxy) is 1. The number of nitrogens with one attached hydrogen (secondary N) is 1. The molecule has 1 fully saturated rings. The molecule has 0 bridgehead atoms. The van der Waals surface area contributed by atoms with Crippen molar-refractivity contribution in [3.8, 4) is 0 Å². The molecular formula is C14H25NO3. The van der Waals surface area contributed by atoms with Crippen LogP contribution in [0.5, 0.6) is 0 Å². The molecule has 1 aliphatic rings. The van der Waals surface area contributed by atoms with Crippen LogP contribution in [0.3, 0.4) is 0 Å². The Morgan fingerprint density at radius 2 is 1.83 bits per heavy atom. The van der Waals surface area contributed by atoms with Gasteiger partial charge in [-0.25, -0.2) is 0 Å². The SMILES string of the molecule is CC(=O)C(NC(=O)COC1CCCCC1)C(C)C. The Kier molecular flexibility index (Phi) is 6.33. The number of Topliss-reactive ketones (excluding diaryl/α,β-unsaturated/α-hetero) is 1. The molecule has 0 heterocycles. The molecule has 1 amide bonds. The summed E-state index contributed by atoms with van der Waals surface area (Å²) in [6.07, 6.45) is 5.97. The molecule has 1 saturated carbocycles. The van der Waals surface area contributed by atoms with E-state index in [-0.39, 0.29) is 30.3 Å². The van der Waals surface area contributed by atoms with Crippen LogP contribution in [0.25, 0.3) is 0 Å². The molecule has 0 spiro atoms. The monoisotopic (exact) mass is 255 g/mol. The quantitative estimate of drug-likeness (QED) is 0.790. The van der Waals surface area contributed by atoms with E-state index in [2.05, 4.69) is 5.32 Å². The highest BCUT2D eigenvalue weighted by Gasteiger charge is 2.21. The van der Waals surface area contributed by atoms with Crippen molar-refractivity contribution in [1.82, 2.24) is 5.32 Å². The molecule has 0 saturated heterocycles. The molecular weight excluding hydrogens is 230 g/mol. The molecule has 0 aromatic rings. The fraction of sp³-hybridized carbons (Fsp3) is 0.857. The van der Waals surface area contributed by atoms with Gasteiger partial charge in [0.05, 0.1) is 12.1 Å². The van der Waals surface area contributed by atoms with Gasteiger partial charge in [-0.15, -0.1) is 0 Å². The number of carbonyl (C=O) groups excluding carboxylic acids is 2. The molecule has 1 unspecified atom stereocenters. The lowest BCUT2D eigenvalue weighted by molar-refractivity contribution is -0.132. The summed E-state index contributed by atoms with van der Waals surface area (Å²) in [7, 11) is 0. The predicted molar refractivity (Wildman–Crippen MR) is 70.3 cm³/mol. The first-order valence-electron chi connectivity index (χ1n) is 6.92. The van der Waals surface area contributed by atoms with E-state index in [1.807, 2.05) is 13.8 Å². The van der Waals surface area contributed by atoms with Gasteiger partial charge in [0.2, 0.25) is 5.91 Å². The average Bonchev–Trinajstić information content (AvgIpc) is 2.34. The zero-order chi connectivity index (χ0) is 13.5. The van der Waals surface area contributed by atoms with E-state index in [4.69, 9.17) is 4.74 Å². The van der Waals surface area contributed by atoms with E-state index < -0.39 is 6.04 Å². The van der Waals surface area contributed by atoms with Crippen molar-refractivity contribution in [3.05, 3.63) is 0 Å². The lowest BCUT2D eigenvalue weighted by Gasteiger charge is -2.23. The molecule has 18 heavy (non-hydrogen) atoms. The Morgan fingerprint density at radius 3 is 2.33 bits per heavy atom. The Bertz CT molecular complexity index is 283. The average molecular weight is 255 g/mol. The molecule has 0 radical (unpaired) electrons. The zero-order valence-electron chi connectivity index (χ0n) is 11.7. The van der Waals surface area contributed by atoms with Crippen LogP contribution in [-0.2, 0) is 14.3 Å². The highest BCUT2D eigenvalue weighted by atomic mass is 16.5. The third-order valence-corrected chi connectivity index (χ3v) is 3.42. The summed E-state index contributed by atoms with van der Waals surface area (Å²) >= 11 is 0. The van der Waals surface area contributed by atoms with Gasteiger partial charge in [-0.3, -0.25) is 9.59 Å². The van der Waals surface area contributed by atoms with E-state index in [9.17, 15) is 9.59 Å². The third-order valence-electron chi connectivity index (χ3n) is 3.42. The number of hydrogen-bond donors (Lipinski definition) is 1. The number of rotatable bonds is 6. The maximum atomic E-state index is 11.7. The first-order chi connectivity index (χ1) is 8.50. The van der Waals surface area contributed by atoms with Crippen molar-refractivity contribution in [3.63, 3.8) is 0 Å². The summed E-state index contributed by atoms with van der Waals surface area (Å²) in [5.41, 5.74) is 0. The summed E-state index contributed by atoms with van der Waals surface area (Å²) in [5, 5.41) is 2.74. The Hall–Kier alpha value is -0.900. The van der Waals surface area contributed by atoms with Gasteiger partial charge < -0.3 is 10.1 Å². The summed E-state index contributed by atoms with van der Waals surface area (Å²) in [4.78, 5) is 23.1. The van der Waals surface area contributed by atoms with Gasteiger partial charge in [0.15, 0.2) is 5.78 Å². The second-order valence-electron chi connectivity index (χ2n) is 5.47. The number of carbonyl (C=O) groups is 2. The van der Waals surface area contributed by atoms with Crippen LogP contribution < -0.4 is 5.32 Å². The summed E-state index contributed by atoms with van der Waals surface area (Å²) < 4.78 is 5.58. The van der Waals surface area contributed by atoms with Gasteiger partial charge in [0.1, 0.15) is 6.61 Å². The normalized spacial score (nSPS) is 18.7. The van der Waals surface area contributed by atoms with E-state index in [1.54, 1.807) is 0 Å². The molecule has 0 aromatic carbocycles. The lowest BCUT2D eigenvalue weighted by atomic mass is 9.98. The highest BCUT2D eigenvalue weighted by Crippen LogP contribution is 2.19. The van der Waals surface area contributed by atoms with Crippen LogP contribution in [0, 0.1) is 5.92 Å². The molecule has 0 aromatic heterocycles. The van der Waals surface area contributed by atoms with Crippen molar-refractivity contribution in [1.29, 1.82) is 0 Å². The van der Waals surface area contributed by atoms with Crippen LogP contribution in [0.4, 0.5) is 0 Å². The standard InChI is InChI=1S/C14H25NO3/c1-10(2)14(11(3)16)15-13(17)9-18-12-7-5-4-6-8-12/h10,12,14H,4-9H2,1-3H3,(H,15,17). The first kappa shape index (κ1) is 15.2. The first-order valence-corrected chi connectivity index (χ1v) is 6.92. The van der Waals surface area contributed by atoms with Crippen LogP contribution in [0.2, 0.25) is 0 Å². The van der Waals surface area contributed by atoms with Gasteiger partial charge >= 0.3 is 0 Å². The van der Waals surface area contributed by atoms with Gasteiger partial charge in [-0.05, 0) is 25.7 Å². The molecule has 0 aliphatic heterocycles. The Morgan fingerprint density at radius 1 is 1.22 bits per heavy atom. The van der Waals surface area contributed by atoms with Crippen molar-refractivity contribution in [2.75, 3.05) is 6.61 Å². The minimum absolute atomic E-state index is 0.00369. The third kappa shape index (κ3) is 5.17. The molecule has 1 rings (SSSR count). The molecule has 1 aliphatic carbocycles. The maximum absolute atomic E-state index is 11.7. The summed E-state index contributed by atoms with van der Waals surface area (Å²) in [6.45, 7) is 5.43. The molecule has 4 heteroatoms. The minimum atomic E-state index is -0.396. The topological polar surface area (TPSA) is 55.4 Å². The summed E-state index contributed by atoms with van der Waals surface area (Å²) in [5.74, 6) is -0.0772. The second kappa shape index (κ2) is 7.52. The van der Waals surface area contributed by atoms with Gasteiger partial charge in [-0.1, -0.05) is 33.1 Å². The van der Waals surface area contributed by atoms with Gasteiger partial charge in [0.25, 0.3) is 0 Å². The second-order valence-corrected chi connectivity index (χ2v) is 5.47. The predicted octanol–water partition coefficient (Wildman–Crippen LogP) is 2.07. The smallest absolute Gasteiger partial charge is 0.246 e. The van der Waals surface area contributed by atoms with Crippen LogP contribution in [-0.4, -0.2) is 30.4 Å². The van der Waals surface area contributed by atoms with E-state index in [0.29, 0.717) is 0 Å². The van der Waals surface area contributed by atoms with Gasteiger partial charge in [0, 0.05) is 0 Å². The molecule has 1 N–H and O–H groups in total. The van der Waals surface area contributed by atoms with E-state index in [0.717, 1.165) is 12.8 Å². The maximum Gasteiger partial charge on any atom is 0.246 e. The largest absolute Gasteiger partial charge is 0.368 e. The molecule has 4 nitrogen and oxygen atoms in total. The van der Waals surface area contributed by atoms with E-state index >= 15 is 0 Å². The van der Waals surface area contributed by atoms with Crippen LogP contribution in [0.1, 0.15) is 52.9 Å². The van der Waals surface area contributed by atoms with Gasteiger partial charge in [-0.2, -0.15) is 0 Å². The Labute approximate surface area is 109 Å². The van der Waals surface area contributed by atoms with Crippen LogP contribution in [0.15, 0.2) is 0 Å². The number of ketones is 1. The summed E-state index contributed by atoms with van der Waals surface area (Å²) in [6, 6.07) is -0.396. The van der Waals surface area contributed by atoms with Crippen molar-refractivity contribution in [2.45, 2.75) is 65.0 Å². The Balaban J connectivity index is 2.29. The number of hydrogen-bond acceptors (Lipinski definition) is 3. The van der Waals surface area contributed by atoms with Crippen molar-refractivity contribution >= 4 is 11.7 Å². The fourth-order valence-electron chi connectivity index (χ4n) is 2.38. The highest BCUT2D eigenvalue weighted by molar-refractivity contribution is 5.88. The van der Waals surface area contributed by atoms with Crippen molar-refractivity contribution < 1.29 is 14.3 Å². The number of amides is 1. The molecule has 1 atom stereocenters. The van der Waals surface area contributed by atoms with Crippen molar-refractivity contribution in [2.24, 2.45) is 5.92 Å². The molecule has 104 valence electrons. The van der Waals surface area contributed by atoms with Crippen LogP contribution >= 0.6 is 0 Å². The zero-order valence-corrected chi connectivity index (χ0v) is 11.7.